The first-order chi connectivity index (χ1) is 9.00. The second-order valence-corrected chi connectivity index (χ2v) is 4.63. The number of ether oxygens (including phenoxy) is 1. The molecule has 1 atom stereocenters. The average Bonchev–Trinajstić information content (AvgIpc) is 2.38. The zero-order valence-corrected chi connectivity index (χ0v) is 11.0. The van der Waals surface area contributed by atoms with Gasteiger partial charge in [-0.15, -0.1) is 0 Å². The van der Waals surface area contributed by atoms with Crippen LogP contribution in [0.4, 0.5) is 11.4 Å². The lowest BCUT2D eigenvalue weighted by Gasteiger charge is -2.36. The van der Waals surface area contributed by atoms with Gasteiger partial charge in [0.25, 0.3) is 5.69 Å². The Balaban J connectivity index is 2.44. The summed E-state index contributed by atoms with van der Waals surface area (Å²) in [6.07, 6.45) is 0. The molecule has 1 aromatic carbocycles. The van der Waals surface area contributed by atoms with Crippen molar-refractivity contribution in [2.45, 2.75) is 19.9 Å². The molecule has 2 rings (SSSR count). The van der Waals surface area contributed by atoms with Gasteiger partial charge in [-0.2, -0.15) is 0 Å². The van der Waals surface area contributed by atoms with Crippen LogP contribution in [0.15, 0.2) is 18.2 Å². The van der Waals surface area contributed by atoms with Crippen LogP contribution in [0.5, 0.6) is 0 Å². The maximum atomic E-state index is 11.7. The summed E-state index contributed by atoms with van der Waals surface area (Å²) >= 11 is 0. The maximum Gasteiger partial charge on any atom is 0.270 e. The molecule has 1 aliphatic rings. The van der Waals surface area contributed by atoms with E-state index in [4.69, 9.17) is 4.74 Å². The summed E-state index contributed by atoms with van der Waals surface area (Å²) in [7, 11) is 0. The van der Waals surface area contributed by atoms with Gasteiger partial charge in [0.2, 0.25) is 0 Å². The van der Waals surface area contributed by atoms with Crippen LogP contribution in [0.25, 0.3) is 0 Å². The lowest BCUT2D eigenvalue weighted by Crippen LogP contribution is -2.44. The molecule has 0 aromatic heterocycles. The molecule has 0 saturated carbocycles. The van der Waals surface area contributed by atoms with E-state index < -0.39 is 4.92 Å². The highest BCUT2D eigenvalue weighted by atomic mass is 16.6. The standard InChI is InChI=1S/C13H16N2O4/c1-9-8-19-6-5-14(9)13-4-3-11(15(17)18)7-12(13)10(2)16/h3-4,7,9H,5-6,8H2,1-2H3. The molecule has 1 fully saturated rings. The van der Waals surface area contributed by atoms with Crippen molar-refractivity contribution in [3.8, 4) is 0 Å². The predicted molar refractivity (Wildman–Crippen MR) is 70.7 cm³/mol. The quantitative estimate of drug-likeness (QED) is 0.474. The Kier molecular flexibility index (Phi) is 3.80. The first-order valence-corrected chi connectivity index (χ1v) is 6.14. The van der Waals surface area contributed by atoms with Crippen molar-refractivity contribution in [1.82, 2.24) is 0 Å². The largest absolute Gasteiger partial charge is 0.377 e. The molecule has 1 saturated heterocycles. The number of nitrogens with zero attached hydrogens (tertiary/aromatic N) is 2. The van der Waals surface area contributed by atoms with Crippen LogP contribution < -0.4 is 4.90 Å². The van der Waals surface area contributed by atoms with Crippen LogP contribution in [0, 0.1) is 10.1 Å². The van der Waals surface area contributed by atoms with E-state index >= 15 is 0 Å². The highest BCUT2D eigenvalue weighted by Crippen LogP contribution is 2.28. The molecule has 102 valence electrons. The second-order valence-electron chi connectivity index (χ2n) is 4.63. The first-order valence-electron chi connectivity index (χ1n) is 6.14. The van der Waals surface area contributed by atoms with Crippen molar-refractivity contribution in [2.24, 2.45) is 0 Å². The molecular formula is C13H16N2O4. The number of Topliss-reactive ketones (excluding diaryl/α,β-unsaturated/α-hetero) is 1. The number of carbonyl (C=O) groups is 1. The highest BCUT2D eigenvalue weighted by Gasteiger charge is 2.24. The Morgan fingerprint density at radius 3 is 2.84 bits per heavy atom. The van der Waals surface area contributed by atoms with Crippen LogP contribution in [0.3, 0.4) is 0 Å². The number of hydrogen-bond acceptors (Lipinski definition) is 5. The van der Waals surface area contributed by atoms with E-state index in [1.54, 1.807) is 6.07 Å². The van der Waals surface area contributed by atoms with Crippen molar-refractivity contribution < 1.29 is 14.5 Å². The zero-order chi connectivity index (χ0) is 14.0. The third-order valence-corrected chi connectivity index (χ3v) is 3.25. The molecule has 0 bridgehead atoms. The molecule has 0 amide bonds. The molecule has 1 aliphatic heterocycles. The minimum atomic E-state index is -0.487. The van der Waals surface area contributed by atoms with Gasteiger partial charge in [0.1, 0.15) is 0 Å². The molecule has 1 heterocycles. The fourth-order valence-electron chi connectivity index (χ4n) is 2.26. The van der Waals surface area contributed by atoms with Crippen LogP contribution in [-0.2, 0) is 4.74 Å². The Morgan fingerprint density at radius 1 is 1.53 bits per heavy atom. The number of ketones is 1. The minimum Gasteiger partial charge on any atom is -0.377 e. The summed E-state index contributed by atoms with van der Waals surface area (Å²) in [5.41, 5.74) is 1.08. The molecule has 19 heavy (non-hydrogen) atoms. The number of benzene rings is 1. The summed E-state index contributed by atoms with van der Waals surface area (Å²) in [4.78, 5) is 24.1. The van der Waals surface area contributed by atoms with Gasteiger partial charge in [-0.25, -0.2) is 0 Å². The van der Waals surface area contributed by atoms with Crippen molar-refractivity contribution >= 4 is 17.2 Å². The van der Waals surface area contributed by atoms with Crippen molar-refractivity contribution in [2.75, 3.05) is 24.7 Å². The fourth-order valence-corrected chi connectivity index (χ4v) is 2.26. The van der Waals surface area contributed by atoms with Crippen molar-refractivity contribution in [1.29, 1.82) is 0 Å². The number of rotatable bonds is 3. The monoisotopic (exact) mass is 264 g/mol. The Morgan fingerprint density at radius 2 is 2.26 bits per heavy atom. The summed E-state index contributed by atoms with van der Waals surface area (Å²) in [5.74, 6) is -0.169. The molecule has 0 radical (unpaired) electrons. The first kappa shape index (κ1) is 13.5. The molecule has 0 spiro atoms. The van der Waals surface area contributed by atoms with Gasteiger partial charge in [0.15, 0.2) is 5.78 Å². The molecule has 0 aliphatic carbocycles. The minimum absolute atomic E-state index is 0.0603. The number of morpholine rings is 1. The van der Waals surface area contributed by atoms with Gasteiger partial charge in [-0.1, -0.05) is 0 Å². The van der Waals surface area contributed by atoms with Crippen LogP contribution in [0.2, 0.25) is 0 Å². The topological polar surface area (TPSA) is 72.7 Å². The van der Waals surface area contributed by atoms with Crippen LogP contribution in [0.1, 0.15) is 24.2 Å². The van der Waals surface area contributed by atoms with Crippen molar-refractivity contribution in [3.63, 3.8) is 0 Å². The van der Waals surface area contributed by atoms with E-state index in [0.717, 1.165) is 5.69 Å². The number of nitro benzene ring substituents is 1. The number of anilines is 1. The van der Waals surface area contributed by atoms with Gasteiger partial charge < -0.3 is 9.64 Å². The number of hydrogen-bond donors (Lipinski definition) is 0. The zero-order valence-electron chi connectivity index (χ0n) is 11.0. The van der Waals surface area contributed by atoms with E-state index in [2.05, 4.69) is 4.90 Å². The number of non-ortho nitro benzene ring substituents is 1. The Hall–Kier alpha value is -1.95. The Bertz CT molecular complexity index is 515. The molecule has 0 N–H and O–H groups in total. The van der Waals surface area contributed by atoms with Gasteiger partial charge in [0, 0.05) is 36.0 Å². The van der Waals surface area contributed by atoms with Crippen molar-refractivity contribution in [3.05, 3.63) is 33.9 Å². The summed E-state index contributed by atoms with van der Waals surface area (Å²) in [6, 6.07) is 4.58. The summed E-state index contributed by atoms with van der Waals surface area (Å²) < 4.78 is 5.36. The SMILES string of the molecule is CC(=O)c1cc([N+](=O)[O-])ccc1N1CCOCC1C. The molecular weight excluding hydrogens is 248 g/mol. The van der Waals surface area contributed by atoms with E-state index in [-0.39, 0.29) is 17.5 Å². The third kappa shape index (κ3) is 2.73. The normalized spacial score (nSPS) is 19.3. The predicted octanol–water partition coefficient (Wildman–Crippen LogP) is 2.02. The molecule has 6 nitrogen and oxygen atoms in total. The number of nitro groups is 1. The molecule has 1 aromatic rings. The van der Waals surface area contributed by atoms with Gasteiger partial charge >= 0.3 is 0 Å². The lowest BCUT2D eigenvalue weighted by molar-refractivity contribution is -0.384. The highest BCUT2D eigenvalue weighted by molar-refractivity contribution is 6.00. The van der Waals surface area contributed by atoms with Gasteiger partial charge in [0.05, 0.1) is 18.1 Å². The van der Waals surface area contributed by atoms with E-state index in [0.29, 0.717) is 25.3 Å². The summed E-state index contributed by atoms with van der Waals surface area (Å²) in [6.45, 7) is 5.30. The summed E-state index contributed by atoms with van der Waals surface area (Å²) in [5, 5.41) is 10.8. The number of carbonyl (C=O) groups excluding carboxylic acids is 1. The lowest BCUT2D eigenvalue weighted by atomic mass is 10.1. The third-order valence-electron chi connectivity index (χ3n) is 3.25. The fraction of sp³-hybridized carbons (Fsp3) is 0.462. The molecule has 1 unspecified atom stereocenters. The van der Waals surface area contributed by atoms with E-state index in [1.807, 2.05) is 6.92 Å². The van der Waals surface area contributed by atoms with E-state index in [9.17, 15) is 14.9 Å². The smallest absolute Gasteiger partial charge is 0.270 e. The van der Waals surface area contributed by atoms with Crippen LogP contribution >= 0.6 is 0 Å². The van der Waals surface area contributed by atoms with E-state index in [1.165, 1.54) is 19.1 Å². The Labute approximate surface area is 111 Å². The maximum absolute atomic E-state index is 11.7. The average molecular weight is 264 g/mol. The van der Waals surface area contributed by atoms with Crippen LogP contribution in [-0.4, -0.2) is 36.5 Å². The van der Waals surface area contributed by atoms with Gasteiger partial charge in [-0.3, -0.25) is 14.9 Å². The molecule has 6 heteroatoms. The van der Waals surface area contributed by atoms with Gasteiger partial charge in [-0.05, 0) is 19.9 Å². The second kappa shape index (κ2) is 5.36.